The molecule has 0 atom stereocenters. The van der Waals surface area contributed by atoms with Crippen LogP contribution in [0.4, 0.5) is 11.4 Å². The lowest BCUT2D eigenvalue weighted by Gasteiger charge is -2.24. The van der Waals surface area contributed by atoms with Crippen LogP contribution < -0.4 is 5.32 Å². The van der Waals surface area contributed by atoms with Crippen LogP contribution in [-0.2, 0) is 0 Å². The van der Waals surface area contributed by atoms with Crippen molar-refractivity contribution in [3.8, 4) is 11.3 Å². The van der Waals surface area contributed by atoms with E-state index in [4.69, 9.17) is 0 Å². The molecule has 2 nitrogen and oxygen atoms in total. The molecule has 28 heavy (non-hydrogen) atoms. The van der Waals surface area contributed by atoms with Gasteiger partial charge in [-0.05, 0) is 45.8 Å². The number of hydrogen-bond donors (Lipinski definition) is 1. The van der Waals surface area contributed by atoms with Crippen LogP contribution in [0.15, 0.2) is 101 Å². The van der Waals surface area contributed by atoms with Crippen LogP contribution in [0.3, 0.4) is 0 Å². The number of pyridine rings is 1. The number of nitrogens with zero attached hydrogens (tertiary/aromatic N) is 1. The Morgan fingerprint density at radius 2 is 1.39 bits per heavy atom. The van der Waals surface area contributed by atoms with Gasteiger partial charge in [0.1, 0.15) is 0 Å². The third kappa shape index (κ3) is 2.33. The molecular weight excluding hydrogens is 360 g/mol. The molecule has 1 aliphatic heterocycles. The van der Waals surface area contributed by atoms with Gasteiger partial charge in [-0.1, -0.05) is 72.4 Å². The highest BCUT2D eigenvalue weighted by molar-refractivity contribution is 8.00. The van der Waals surface area contributed by atoms with E-state index >= 15 is 0 Å². The molecule has 5 aromatic rings. The topological polar surface area (TPSA) is 24.9 Å². The summed E-state index contributed by atoms with van der Waals surface area (Å²) in [6.45, 7) is 0. The Morgan fingerprint density at radius 3 is 2.29 bits per heavy atom. The smallest absolute Gasteiger partial charge is 0.0708 e. The SMILES string of the molecule is c1ccc(-c2cccc3c4c(ccc23)Nc2ccc3ccccc3c2S4)nc1. The van der Waals surface area contributed by atoms with Gasteiger partial charge in [-0.2, -0.15) is 0 Å². The summed E-state index contributed by atoms with van der Waals surface area (Å²) in [6.07, 6.45) is 1.85. The first-order valence-electron chi connectivity index (χ1n) is 9.32. The van der Waals surface area contributed by atoms with E-state index in [1.807, 2.05) is 30.1 Å². The summed E-state index contributed by atoms with van der Waals surface area (Å²) in [6, 6.07) is 29.9. The molecule has 2 heterocycles. The highest BCUT2D eigenvalue weighted by atomic mass is 32.2. The molecule has 0 saturated carbocycles. The van der Waals surface area contributed by atoms with E-state index in [1.165, 1.54) is 48.3 Å². The molecule has 1 N–H and O–H groups in total. The van der Waals surface area contributed by atoms with Crippen LogP contribution in [0.5, 0.6) is 0 Å². The number of anilines is 2. The van der Waals surface area contributed by atoms with Crippen molar-refractivity contribution in [2.45, 2.75) is 9.79 Å². The van der Waals surface area contributed by atoms with Crippen LogP contribution in [0.1, 0.15) is 0 Å². The summed E-state index contributed by atoms with van der Waals surface area (Å²) in [5.41, 5.74) is 4.52. The summed E-state index contributed by atoms with van der Waals surface area (Å²) in [4.78, 5) is 7.14. The Hall–Kier alpha value is -3.30. The number of hydrogen-bond acceptors (Lipinski definition) is 3. The fourth-order valence-corrected chi connectivity index (χ4v) is 5.23. The first-order valence-corrected chi connectivity index (χ1v) is 10.1. The number of rotatable bonds is 1. The molecule has 0 amide bonds. The summed E-state index contributed by atoms with van der Waals surface area (Å²) in [5.74, 6) is 0. The van der Waals surface area contributed by atoms with Crippen molar-refractivity contribution in [3.63, 3.8) is 0 Å². The Balaban J connectivity index is 1.59. The van der Waals surface area contributed by atoms with Gasteiger partial charge in [0.2, 0.25) is 0 Å². The van der Waals surface area contributed by atoms with Crippen molar-refractivity contribution in [1.82, 2.24) is 4.98 Å². The van der Waals surface area contributed by atoms with Crippen LogP contribution in [0.2, 0.25) is 0 Å². The van der Waals surface area contributed by atoms with Crippen LogP contribution in [0.25, 0.3) is 32.8 Å². The van der Waals surface area contributed by atoms with Gasteiger partial charge in [0, 0.05) is 21.6 Å². The third-order valence-electron chi connectivity index (χ3n) is 5.31. The lowest BCUT2D eigenvalue weighted by Crippen LogP contribution is -2.01. The van der Waals surface area contributed by atoms with E-state index in [0.717, 1.165) is 5.69 Å². The van der Waals surface area contributed by atoms with Gasteiger partial charge in [-0.25, -0.2) is 0 Å². The molecular formula is C25H16N2S. The predicted octanol–water partition coefficient (Wildman–Crippen LogP) is 7.26. The molecule has 132 valence electrons. The van der Waals surface area contributed by atoms with Gasteiger partial charge >= 0.3 is 0 Å². The minimum atomic E-state index is 1.01. The summed E-state index contributed by atoms with van der Waals surface area (Å²) in [5, 5.41) is 8.71. The van der Waals surface area contributed by atoms with Crippen LogP contribution in [0, 0.1) is 0 Å². The Bertz CT molecular complexity index is 1360. The zero-order chi connectivity index (χ0) is 18.5. The van der Waals surface area contributed by atoms with E-state index in [-0.39, 0.29) is 0 Å². The fourth-order valence-electron chi connectivity index (χ4n) is 3.98. The lowest BCUT2D eigenvalue weighted by atomic mass is 10.0. The minimum absolute atomic E-state index is 1.01. The maximum Gasteiger partial charge on any atom is 0.0708 e. The van der Waals surface area contributed by atoms with Gasteiger partial charge in [-0.15, -0.1) is 0 Å². The van der Waals surface area contributed by atoms with E-state index < -0.39 is 0 Å². The second-order valence-corrected chi connectivity index (χ2v) is 7.97. The Kier molecular flexibility index (Phi) is 3.43. The third-order valence-corrected chi connectivity index (χ3v) is 6.59. The molecule has 6 rings (SSSR count). The number of aromatic nitrogens is 1. The van der Waals surface area contributed by atoms with Crippen molar-refractivity contribution >= 4 is 44.7 Å². The van der Waals surface area contributed by atoms with Gasteiger partial charge in [0.15, 0.2) is 0 Å². The largest absolute Gasteiger partial charge is 0.354 e. The van der Waals surface area contributed by atoms with Crippen molar-refractivity contribution in [3.05, 3.63) is 91.1 Å². The summed E-state index contributed by atoms with van der Waals surface area (Å²) in [7, 11) is 0. The van der Waals surface area contributed by atoms with Crippen LogP contribution >= 0.6 is 11.8 Å². The molecule has 0 spiro atoms. The molecule has 0 aliphatic carbocycles. The first kappa shape index (κ1) is 15.7. The highest BCUT2D eigenvalue weighted by Crippen LogP contribution is 2.50. The molecule has 0 saturated heterocycles. The van der Waals surface area contributed by atoms with Crippen molar-refractivity contribution in [1.29, 1.82) is 0 Å². The number of fused-ring (bicyclic) bond motifs is 6. The van der Waals surface area contributed by atoms with E-state index in [1.54, 1.807) is 0 Å². The standard InChI is InChI=1S/C25H16N2S/c1-2-7-17-16(6-1)11-13-22-24(17)28-25-20-9-5-8-19(21-10-3-4-15-26-21)18(20)12-14-23(25)27-22/h1-15,27H. The average molecular weight is 376 g/mol. The van der Waals surface area contributed by atoms with E-state index in [0.29, 0.717) is 0 Å². The Morgan fingerprint density at radius 1 is 0.607 bits per heavy atom. The molecule has 4 aromatic carbocycles. The maximum atomic E-state index is 4.57. The quantitative estimate of drug-likeness (QED) is 0.327. The monoisotopic (exact) mass is 376 g/mol. The second-order valence-electron chi connectivity index (χ2n) is 6.95. The van der Waals surface area contributed by atoms with Crippen LogP contribution in [-0.4, -0.2) is 4.98 Å². The molecule has 0 unspecified atom stereocenters. The minimum Gasteiger partial charge on any atom is -0.354 e. The normalized spacial score (nSPS) is 12.4. The lowest BCUT2D eigenvalue weighted by molar-refractivity contribution is 1.33. The average Bonchev–Trinajstić information content (AvgIpc) is 2.78. The fraction of sp³-hybridized carbons (Fsp3) is 0. The van der Waals surface area contributed by atoms with Gasteiger partial charge in [-0.3, -0.25) is 4.98 Å². The highest BCUT2D eigenvalue weighted by Gasteiger charge is 2.21. The van der Waals surface area contributed by atoms with Crippen molar-refractivity contribution < 1.29 is 0 Å². The second kappa shape index (κ2) is 6.11. The zero-order valence-electron chi connectivity index (χ0n) is 15.0. The van der Waals surface area contributed by atoms with Gasteiger partial charge in [0.05, 0.1) is 17.1 Å². The first-order chi connectivity index (χ1) is 13.9. The molecule has 0 bridgehead atoms. The number of benzene rings is 4. The van der Waals surface area contributed by atoms with E-state index in [9.17, 15) is 0 Å². The molecule has 0 radical (unpaired) electrons. The Labute approximate surface area is 167 Å². The zero-order valence-corrected chi connectivity index (χ0v) is 15.8. The van der Waals surface area contributed by atoms with Gasteiger partial charge < -0.3 is 5.32 Å². The molecule has 1 aromatic heterocycles. The van der Waals surface area contributed by atoms with Crippen molar-refractivity contribution in [2.24, 2.45) is 0 Å². The predicted molar refractivity (Wildman–Crippen MR) is 119 cm³/mol. The number of nitrogens with one attached hydrogen (secondary N) is 1. The molecule has 0 fully saturated rings. The molecule has 3 heteroatoms. The summed E-state index contributed by atoms with van der Waals surface area (Å²) < 4.78 is 0. The van der Waals surface area contributed by atoms with E-state index in [2.05, 4.69) is 83.1 Å². The van der Waals surface area contributed by atoms with Crippen molar-refractivity contribution in [2.75, 3.05) is 5.32 Å². The molecule has 1 aliphatic rings. The maximum absolute atomic E-state index is 4.57. The van der Waals surface area contributed by atoms with Gasteiger partial charge in [0.25, 0.3) is 0 Å². The summed E-state index contributed by atoms with van der Waals surface area (Å²) >= 11 is 1.86.